The minimum absolute atomic E-state index is 0.198. The van der Waals surface area contributed by atoms with Crippen LogP contribution >= 0.6 is 11.8 Å². The van der Waals surface area contributed by atoms with Gasteiger partial charge in [-0.25, -0.2) is 9.97 Å². The molecular weight excluding hydrogens is 324 g/mol. The number of amides is 1. The van der Waals surface area contributed by atoms with Crippen molar-refractivity contribution in [2.24, 2.45) is 0 Å². The van der Waals surface area contributed by atoms with Gasteiger partial charge < -0.3 is 14.5 Å². The summed E-state index contributed by atoms with van der Waals surface area (Å²) in [6.07, 6.45) is 8.26. The van der Waals surface area contributed by atoms with E-state index in [4.69, 9.17) is 4.74 Å². The van der Waals surface area contributed by atoms with Gasteiger partial charge in [0.25, 0.3) is 0 Å². The van der Waals surface area contributed by atoms with E-state index in [-0.39, 0.29) is 5.91 Å². The van der Waals surface area contributed by atoms with Crippen LogP contribution in [0.15, 0.2) is 23.6 Å². The number of ether oxygens (including phenoxy) is 1. The van der Waals surface area contributed by atoms with Crippen molar-refractivity contribution in [3.63, 3.8) is 0 Å². The van der Waals surface area contributed by atoms with Crippen molar-refractivity contribution in [3.8, 4) is 0 Å². The summed E-state index contributed by atoms with van der Waals surface area (Å²) < 4.78 is 5.45. The summed E-state index contributed by atoms with van der Waals surface area (Å²) in [5, 5.41) is 0.668. The number of aromatic nitrogens is 2. The molecule has 3 rings (SSSR count). The van der Waals surface area contributed by atoms with E-state index < -0.39 is 0 Å². The number of carbonyl (C=O) groups is 1. The predicted octanol–water partition coefficient (Wildman–Crippen LogP) is 1.67. The van der Waals surface area contributed by atoms with Crippen molar-refractivity contribution in [1.29, 1.82) is 0 Å². The van der Waals surface area contributed by atoms with Crippen LogP contribution in [-0.2, 0) is 9.53 Å². The first kappa shape index (κ1) is 17.6. The minimum atomic E-state index is 0.198. The number of hydrogen-bond acceptors (Lipinski definition) is 6. The second-order valence-corrected chi connectivity index (χ2v) is 7.35. The molecule has 6 nitrogen and oxygen atoms in total. The largest absolute Gasteiger partial charge is 0.381 e. The fraction of sp³-hybridized carbons (Fsp3) is 0.706. The first-order valence-electron chi connectivity index (χ1n) is 8.70. The standard InChI is InChI=1S/C17H26N4O2S/c1-23-15-5-11-20(12-6-15)14-3-9-21(10-4-14)16(22)13-24-17-18-7-2-8-19-17/h2,7-8,14-15H,3-6,9-13H2,1H3. The van der Waals surface area contributed by atoms with Crippen molar-refractivity contribution in [2.45, 2.75) is 43.0 Å². The molecule has 2 aliphatic heterocycles. The molecule has 0 spiro atoms. The van der Waals surface area contributed by atoms with Gasteiger partial charge in [0, 0.05) is 51.7 Å². The quantitative estimate of drug-likeness (QED) is 0.595. The zero-order valence-corrected chi connectivity index (χ0v) is 15.1. The SMILES string of the molecule is COC1CCN(C2CCN(C(=O)CSc3ncccn3)CC2)CC1. The second-order valence-electron chi connectivity index (χ2n) is 6.40. The van der Waals surface area contributed by atoms with E-state index in [1.165, 1.54) is 11.8 Å². The molecule has 132 valence electrons. The van der Waals surface area contributed by atoms with Crippen LogP contribution in [0.5, 0.6) is 0 Å². The normalized spacial score (nSPS) is 21.1. The van der Waals surface area contributed by atoms with Crippen molar-refractivity contribution in [1.82, 2.24) is 19.8 Å². The fourth-order valence-electron chi connectivity index (χ4n) is 3.53. The van der Waals surface area contributed by atoms with Crippen LogP contribution in [0.25, 0.3) is 0 Å². The molecular formula is C17H26N4O2S. The van der Waals surface area contributed by atoms with Crippen LogP contribution < -0.4 is 0 Å². The average molecular weight is 350 g/mol. The number of rotatable bonds is 5. The van der Waals surface area contributed by atoms with Gasteiger partial charge in [-0.2, -0.15) is 0 Å². The molecule has 1 aromatic rings. The third-order valence-corrected chi connectivity index (χ3v) is 5.87. The predicted molar refractivity (Wildman–Crippen MR) is 94.0 cm³/mol. The number of thioether (sulfide) groups is 1. The zero-order chi connectivity index (χ0) is 16.8. The maximum absolute atomic E-state index is 12.4. The van der Waals surface area contributed by atoms with Gasteiger partial charge in [0.05, 0.1) is 11.9 Å². The molecule has 0 atom stereocenters. The Morgan fingerprint density at radius 3 is 2.46 bits per heavy atom. The van der Waals surface area contributed by atoms with Crippen molar-refractivity contribution < 1.29 is 9.53 Å². The maximum atomic E-state index is 12.4. The molecule has 0 radical (unpaired) electrons. The summed E-state index contributed by atoms with van der Waals surface area (Å²) in [6, 6.07) is 2.41. The van der Waals surface area contributed by atoms with Gasteiger partial charge >= 0.3 is 0 Å². The molecule has 0 aromatic carbocycles. The Labute approximate surface area is 148 Å². The highest BCUT2D eigenvalue weighted by molar-refractivity contribution is 7.99. The molecule has 1 amide bonds. The van der Waals surface area contributed by atoms with Crippen LogP contribution in [0.2, 0.25) is 0 Å². The summed E-state index contributed by atoms with van der Waals surface area (Å²) in [6.45, 7) is 3.98. The van der Waals surface area contributed by atoms with Gasteiger partial charge in [0.15, 0.2) is 5.16 Å². The van der Waals surface area contributed by atoms with Crippen molar-refractivity contribution in [3.05, 3.63) is 18.5 Å². The molecule has 0 aliphatic carbocycles. The van der Waals surface area contributed by atoms with Gasteiger partial charge in [0.2, 0.25) is 5.91 Å². The Hall–Kier alpha value is -1.18. The van der Waals surface area contributed by atoms with Gasteiger partial charge in [-0.05, 0) is 31.7 Å². The van der Waals surface area contributed by atoms with Gasteiger partial charge in [-0.1, -0.05) is 11.8 Å². The molecule has 2 saturated heterocycles. The highest BCUT2D eigenvalue weighted by atomic mass is 32.2. The lowest BCUT2D eigenvalue weighted by Crippen LogP contribution is -2.50. The number of carbonyl (C=O) groups excluding carboxylic acids is 1. The second kappa shape index (κ2) is 8.78. The molecule has 0 unspecified atom stereocenters. The number of methoxy groups -OCH3 is 1. The summed E-state index contributed by atoms with van der Waals surface area (Å²) in [7, 11) is 1.81. The summed E-state index contributed by atoms with van der Waals surface area (Å²) in [4.78, 5) is 25.2. The lowest BCUT2D eigenvalue weighted by molar-refractivity contribution is -0.130. The van der Waals surface area contributed by atoms with Crippen molar-refractivity contribution in [2.75, 3.05) is 39.0 Å². The molecule has 0 N–H and O–H groups in total. The Bertz CT molecular complexity index is 515. The van der Waals surface area contributed by atoms with E-state index in [0.29, 0.717) is 23.1 Å². The van der Waals surface area contributed by atoms with Gasteiger partial charge in [-0.3, -0.25) is 4.79 Å². The highest BCUT2D eigenvalue weighted by Crippen LogP contribution is 2.23. The van der Waals surface area contributed by atoms with Crippen LogP contribution in [0.4, 0.5) is 0 Å². The minimum Gasteiger partial charge on any atom is -0.381 e. The number of piperidine rings is 2. The molecule has 3 heterocycles. The average Bonchev–Trinajstić information content (AvgIpc) is 2.67. The first-order valence-corrected chi connectivity index (χ1v) is 9.69. The monoisotopic (exact) mass is 350 g/mol. The summed E-state index contributed by atoms with van der Waals surface area (Å²) >= 11 is 1.42. The van der Waals surface area contributed by atoms with Crippen LogP contribution in [0.3, 0.4) is 0 Å². The van der Waals surface area contributed by atoms with Crippen LogP contribution in [0.1, 0.15) is 25.7 Å². The molecule has 2 fully saturated rings. The van der Waals surface area contributed by atoms with Crippen LogP contribution in [0, 0.1) is 0 Å². The van der Waals surface area contributed by atoms with Crippen molar-refractivity contribution >= 4 is 17.7 Å². The molecule has 7 heteroatoms. The van der Waals surface area contributed by atoms with Crippen LogP contribution in [-0.4, -0.2) is 76.9 Å². The molecule has 2 aliphatic rings. The highest BCUT2D eigenvalue weighted by Gasteiger charge is 2.29. The topological polar surface area (TPSA) is 58.6 Å². The summed E-state index contributed by atoms with van der Waals surface area (Å²) in [5.74, 6) is 0.623. The third-order valence-electron chi connectivity index (χ3n) is 5.01. The molecule has 0 saturated carbocycles. The number of hydrogen-bond donors (Lipinski definition) is 0. The number of likely N-dealkylation sites (tertiary alicyclic amines) is 2. The van der Waals surface area contributed by atoms with E-state index in [1.807, 2.05) is 12.0 Å². The van der Waals surface area contributed by atoms with E-state index in [9.17, 15) is 4.79 Å². The summed E-state index contributed by atoms with van der Waals surface area (Å²) in [5.41, 5.74) is 0. The lowest BCUT2D eigenvalue weighted by atomic mass is 9.99. The maximum Gasteiger partial charge on any atom is 0.233 e. The Kier molecular flexibility index (Phi) is 6.45. The Morgan fingerprint density at radius 1 is 1.17 bits per heavy atom. The van der Waals surface area contributed by atoms with E-state index in [2.05, 4.69) is 14.9 Å². The van der Waals surface area contributed by atoms with Gasteiger partial charge in [-0.15, -0.1) is 0 Å². The lowest BCUT2D eigenvalue weighted by Gasteiger charge is -2.41. The smallest absolute Gasteiger partial charge is 0.233 e. The first-order chi connectivity index (χ1) is 11.8. The molecule has 24 heavy (non-hydrogen) atoms. The van der Waals surface area contributed by atoms with Gasteiger partial charge in [0.1, 0.15) is 0 Å². The zero-order valence-electron chi connectivity index (χ0n) is 14.3. The molecule has 0 bridgehead atoms. The van der Waals surface area contributed by atoms with E-state index >= 15 is 0 Å². The Balaban J connectivity index is 1.39. The fourth-order valence-corrected chi connectivity index (χ4v) is 4.24. The van der Waals surface area contributed by atoms with E-state index in [0.717, 1.165) is 51.9 Å². The number of nitrogens with zero attached hydrogens (tertiary/aromatic N) is 4. The van der Waals surface area contributed by atoms with E-state index in [1.54, 1.807) is 18.5 Å². The third kappa shape index (κ3) is 4.68. The Morgan fingerprint density at radius 2 is 1.83 bits per heavy atom. The molecule has 1 aromatic heterocycles.